The van der Waals surface area contributed by atoms with Crippen LogP contribution < -0.4 is 0 Å². The van der Waals surface area contributed by atoms with Crippen LogP contribution in [0.15, 0.2) is 0 Å². The Morgan fingerprint density at radius 3 is 1.50 bits per heavy atom. The van der Waals surface area contributed by atoms with Gasteiger partial charge in [0.25, 0.3) is 0 Å². The van der Waals surface area contributed by atoms with Crippen molar-refractivity contribution in [3.8, 4) is 0 Å². The molecule has 0 aliphatic heterocycles. The number of halogens is 1. The molecule has 0 aromatic rings. The first-order valence-electron chi connectivity index (χ1n) is 3.39. The van der Waals surface area contributed by atoms with Crippen molar-refractivity contribution in [2.75, 3.05) is 27.2 Å². The van der Waals surface area contributed by atoms with Gasteiger partial charge in [-0.15, -0.1) is 0 Å². The molecule has 0 rings (SSSR count). The second-order valence-corrected chi connectivity index (χ2v) is 7.67. The molecule has 0 spiro atoms. The molecule has 0 heterocycles. The fourth-order valence-electron chi connectivity index (χ4n) is 0.433. The molecule has 0 aliphatic carbocycles. The van der Waals surface area contributed by atoms with Crippen molar-refractivity contribution in [3.63, 3.8) is 0 Å². The Balaban J connectivity index is 0. The standard InChI is InChI=1S/2C3H8N.FH.Nd/c2*1-3-4-2;;/h2*3H2,1-2H3;1H;/q2*-1;;+2. The SMILES string of the molecule is CC[N](C)[Nd][N](C)CC.F. The van der Waals surface area contributed by atoms with E-state index in [-0.39, 0.29) is 4.70 Å². The van der Waals surface area contributed by atoms with Gasteiger partial charge in [0.15, 0.2) is 0 Å². The molecule has 0 aromatic heterocycles. The van der Waals surface area contributed by atoms with Gasteiger partial charge in [0.2, 0.25) is 0 Å². The molecule has 0 N–H and O–H groups in total. The summed E-state index contributed by atoms with van der Waals surface area (Å²) >= 11 is -0.533. The van der Waals surface area contributed by atoms with E-state index in [0.717, 1.165) is 0 Å². The van der Waals surface area contributed by atoms with Crippen molar-refractivity contribution in [3.05, 3.63) is 0 Å². The van der Waals surface area contributed by atoms with Crippen LogP contribution in [0.3, 0.4) is 0 Å². The summed E-state index contributed by atoms with van der Waals surface area (Å²) in [6.07, 6.45) is 0. The van der Waals surface area contributed by atoms with Gasteiger partial charge in [0, 0.05) is 0 Å². The Kier molecular flexibility index (Phi) is 11.4. The van der Waals surface area contributed by atoms with E-state index in [1.54, 1.807) is 0 Å². The third-order valence-corrected chi connectivity index (χ3v) is 5.51. The number of rotatable bonds is 4. The topological polar surface area (TPSA) is 6.48 Å². The largest absolute Gasteiger partial charge is 0.269 e. The predicted molar refractivity (Wildman–Crippen MR) is 39.1 cm³/mol. The predicted octanol–water partition coefficient (Wildman–Crippen LogP) is 0.957. The van der Waals surface area contributed by atoms with E-state index in [1.165, 1.54) is 13.1 Å². The zero-order valence-corrected chi connectivity index (χ0v) is 10.4. The van der Waals surface area contributed by atoms with Crippen LogP contribution in [0.4, 0.5) is 4.70 Å². The number of hydrogen-bond donors (Lipinski definition) is 0. The Bertz CT molecular complexity index is 64.8. The summed E-state index contributed by atoms with van der Waals surface area (Å²) in [5, 5.41) is 0. The summed E-state index contributed by atoms with van der Waals surface area (Å²) in [4.78, 5) is 0. The third kappa shape index (κ3) is 7.31. The number of hydrogen-bond acceptors (Lipinski definition) is 2. The van der Waals surface area contributed by atoms with Crippen LogP contribution in [-0.4, -0.2) is 29.2 Å². The van der Waals surface area contributed by atoms with Gasteiger partial charge in [0.05, 0.1) is 0 Å². The molecule has 0 amide bonds. The maximum atomic E-state index is 2.48. The summed E-state index contributed by atoms with van der Waals surface area (Å²) in [5.41, 5.74) is 0. The zero-order chi connectivity index (χ0) is 7.28. The van der Waals surface area contributed by atoms with Crippen molar-refractivity contribution in [1.82, 2.24) is 1.97 Å². The Morgan fingerprint density at radius 1 is 1.00 bits per heavy atom. The van der Waals surface area contributed by atoms with E-state index in [0.29, 0.717) is 0 Å². The molecular weight excluding hydrogens is 263 g/mol. The summed E-state index contributed by atoms with van der Waals surface area (Å²) < 4.78 is 4.95. The van der Waals surface area contributed by atoms with Crippen LogP contribution >= 0.6 is 0 Å². The zero-order valence-electron chi connectivity index (χ0n) is 7.22. The molecule has 0 aliphatic rings. The van der Waals surface area contributed by atoms with E-state index in [2.05, 4.69) is 29.9 Å². The van der Waals surface area contributed by atoms with E-state index < -0.39 is 37.5 Å². The molecule has 62 valence electrons. The van der Waals surface area contributed by atoms with Crippen LogP contribution in [0.5, 0.6) is 0 Å². The summed E-state index contributed by atoms with van der Waals surface area (Å²) in [7, 11) is 4.44. The van der Waals surface area contributed by atoms with Gasteiger partial charge in [-0.2, -0.15) is 0 Å². The average Bonchev–Trinajstić information content (AvgIpc) is 1.87. The minimum atomic E-state index is -0.533. The van der Waals surface area contributed by atoms with E-state index in [1.807, 2.05) is 0 Å². The summed E-state index contributed by atoms with van der Waals surface area (Å²) in [6.45, 7) is 6.87. The molecular formula is C6H17FN2Nd. The fourth-order valence-corrected chi connectivity index (χ4v) is 3.21. The first-order valence-corrected chi connectivity index (χ1v) is 6.26. The average molecular weight is 280 g/mol. The van der Waals surface area contributed by atoms with Crippen molar-refractivity contribution in [2.45, 2.75) is 13.8 Å². The van der Waals surface area contributed by atoms with Gasteiger partial charge >= 0.3 is 80.5 Å². The molecule has 0 fully saturated rings. The Morgan fingerprint density at radius 2 is 1.30 bits per heavy atom. The van der Waals surface area contributed by atoms with Gasteiger partial charge < -0.3 is 0 Å². The first-order chi connectivity index (χ1) is 4.20. The van der Waals surface area contributed by atoms with Gasteiger partial charge in [-0.25, -0.2) is 0 Å². The molecule has 0 unspecified atom stereocenters. The van der Waals surface area contributed by atoms with E-state index in [9.17, 15) is 0 Å². The third-order valence-electron chi connectivity index (χ3n) is 1.29. The minimum Gasteiger partial charge on any atom is -0.269 e. The first kappa shape index (κ1) is 13.8. The second-order valence-electron chi connectivity index (χ2n) is 2.13. The smallest absolute Gasteiger partial charge is 0.269 e. The molecule has 0 radical (unpaired) electrons. The molecule has 0 saturated heterocycles. The fraction of sp³-hybridized carbons (Fsp3) is 1.00. The van der Waals surface area contributed by atoms with Gasteiger partial charge in [-0.05, 0) is 0 Å². The van der Waals surface area contributed by atoms with E-state index >= 15 is 0 Å². The van der Waals surface area contributed by atoms with Crippen molar-refractivity contribution in [2.24, 2.45) is 0 Å². The second kappa shape index (κ2) is 8.30. The van der Waals surface area contributed by atoms with E-state index in [4.69, 9.17) is 0 Å². The molecule has 0 saturated carbocycles. The molecule has 0 atom stereocenters. The normalized spacial score (nSPS) is 9.80. The van der Waals surface area contributed by atoms with Crippen LogP contribution in [0, 0.1) is 37.5 Å². The van der Waals surface area contributed by atoms with Gasteiger partial charge in [-0.3, -0.25) is 4.70 Å². The van der Waals surface area contributed by atoms with Crippen molar-refractivity contribution in [1.29, 1.82) is 0 Å². The van der Waals surface area contributed by atoms with Gasteiger partial charge in [0.1, 0.15) is 0 Å². The quantitative estimate of drug-likeness (QED) is 0.757. The van der Waals surface area contributed by atoms with Crippen LogP contribution in [-0.2, 0) is 0 Å². The maximum absolute atomic E-state index is 2.48. The molecule has 10 heavy (non-hydrogen) atoms. The van der Waals surface area contributed by atoms with Crippen LogP contribution in [0.25, 0.3) is 0 Å². The van der Waals surface area contributed by atoms with Gasteiger partial charge in [-0.1, -0.05) is 0 Å². The monoisotopic (exact) mass is 278 g/mol. The van der Waals surface area contributed by atoms with Crippen molar-refractivity contribution >= 4 is 0 Å². The molecule has 2 nitrogen and oxygen atoms in total. The Labute approximate surface area is 84.4 Å². The van der Waals surface area contributed by atoms with Crippen molar-refractivity contribution < 1.29 is 42.2 Å². The minimum absolute atomic E-state index is 0. The van der Waals surface area contributed by atoms with Crippen LogP contribution in [0.1, 0.15) is 13.8 Å². The number of nitrogens with zero attached hydrogens (tertiary/aromatic N) is 2. The van der Waals surface area contributed by atoms with Crippen LogP contribution in [0.2, 0.25) is 0 Å². The summed E-state index contributed by atoms with van der Waals surface area (Å²) in [6, 6.07) is 0. The molecule has 4 heteroatoms. The molecule has 0 bridgehead atoms. The Hall–Kier alpha value is 1.20. The summed E-state index contributed by atoms with van der Waals surface area (Å²) in [5.74, 6) is 0. The maximum Gasteiger partial charge on any atom is -0.269 e. The molecule has 0 aromatic carbocycles.